The largest absolute Gasteiger partial charge is 0.346 e. The topological polar surface area (TPSA) is 88.5 Å². The van der Waals surface area contributed by atoms with Crippen molar-refractivity contribution in [3.05, 3.63) is 42.0 Å². The smallest absolute Gasteiger partial charge is 0.221 e. The van der Waals surface area contributed by atoms with E-state index in [4.69, 9.17) is 0 Å². The molecule has 0 spiro atoms. The molecule has 2 N–H and O–H groups in total. The molecule has 0 fully saturated rings. The molecule has 0 aliphatic heterocycles. The fourth-order valence-corrected chi connectivity index (χ4v) is 2.76. The van der Waals surface area contributed by atoms with Gasteiger partial charge in [0.1, 0.15) is 23.8 Å². The number of H-pyrrole nitrogens is 1. The molecule has 1 amide bonds. The summed E-state index contributed by atoms with van der Waals surface area (Å²) in [6.45, 7) is 4.72. The second-order valence-corrected chi connectivity index (χ2v) is 5.98. The van der Waals surface area contributed by atoms with Crippen LogP contribution in [0.4, 0.5) is 4.39 Å². The Kier molecular flexibility index (Phi) is 5.06. The molecule has 132 valence electrons. The van der Waals surface area contributed by atoms with Crippen molar-refractivity contribution in [2.45, 2.75) is 45.7 Å². The maximum Gasteiger partial charge on any atom is 0.221 e. The third-order valence-electron chi connectivity index (χ3n) is 3.93. The summed E-state index contributed by atoms with van der Waals surface area (Å²) in [4.78, 5) is 23.8. The van der Waals surface area contributed by atoms with Crippen LogP contribution in [0, 0.1) is 5.82 Å². The number of aromatic nitrogens is 5. The van der Waals surface area contributed by atoms with Gasteiger partial charge in [0.25, 0.3) is 0 Å². The Morgan fingerprint density at radius 2 is 2.28 bits per heavy atom. The molecular formula is C17H21FN6O. The molecule has 0 saturated heterocycles. The molecule has 0 aliphatic carbocycles. The quantitative estimate of drug-likeness (QED) is 0.689. The summed E-state index contributed by atoms with van der Waals surface area (Å²) < 4.78 is 15.0. The van der Waals surface area contributed by atoms with Crippen LogP contribution >= 0.6 is 0 Å². The van der Waals surface area contributed by atoms with E-state index in [0.29, 0.717) is 23.3 Å². The van der Waals surface area contributed by atoms with Crippen LogP contribution < -0.4 is 5.32 Å². The summed E-state index contributed by atoms with van der Waals surface area (Å²) in [5, 5.41) is 7.10. The van der Waals surface area contributed by atoms with Crippen LogP contribution in [0.3, 0.4) is 0 Å². The lowest BCUT2D eigenvalue weighted by Gasteiger charge is -2.14. The van der Waals surface area contributed by atoms with Gasteiger partial charge < -0.3 is 10.3 Å². The van der Waals surface area contributed by atoms with Crippen LogP contribution in [0.5, 0.6) is 0 Å². The first-order chi connectivity index (χ1) is 12.1. The first-order valence-electron chi connectivity index (χ1n) is 8.38. The third-order valence-corrected chi connectivity index (χ3v) is 3.93. The molecule has 3 rings (SSSR count). The summed E-state index contributed by atoms with van der Waals surface area (Å²) in [5.41, 5.74) is 1.33. The van der Waals surface area contributed by atoms with Crippen LogP contribution in [0.2, 0.25) is 0 Å². The predicted molar refractivity (Wildman–Crippen MR) is 91.2 cm³/mol. The highest BCUT2D eigenvalue weighted by molar-refractivity contribution is 5.77. The van der Waals surface area contributed by atoms with E-state index >= 15 is 0 Å². The van der Waals surface area contributed by atoms with Gasteiger partial charge in [0.15, 0.2) is 0 Å². The zero-order chi connectivity index (χ0) is 17.8. The molecule has 2 heterocycles. The molecule has 0 radical (unpaired) electrons. The minimum absolute atomic E-state index is 0.0924. The van der Waals surface area contributed by atoms with Gasteiger partial charge in [0, 0.05) is 19.4 Å². The van der Waals surface area contributed by atoms with Gasteiger partial charge in [-0.3, -0.25) is 4.79 Å². The number of aryl methyl sites for hydroxylation is 2. The molecule has 2 aromatic heterocycles. The molecule has 0 bridgehead atoms. The van der Waals surface area contributed by atoms with Gasteiger partial charge in [-0.25, -0.2) is 19.0 Å². The van der Waals surface area contributed by atoms with Gasteiger partial charge >= 0.3 is 0 Å². The Hall–Kier alpha value is -2.77. The van der Waals surface area contributed by atoms with Gasteiger partial charge in [-0.2, -0.15) is 5.10 Å². The fourth-order valence-electron chi connectivity index (χ4n) is 2.76. The number of hydrogen-bond donors (Lipinski definition) is 2. The molecule has 25 heavy (non-hydrogen) atoms. The number of hydrogen-bond acceptors (Lipinski definition) is 4. The van der Waals surface area contributed by atoms with Crippen molar-refractivity contribution in [1.29, 1.82) is 0 Å². The number of nitrogens with zero attached hydrogens (tertiary/aromatic N) is 4. The lowest BCUT2D eigenvalue weighted by molar-refractivity contribution is -0.121. The number of rotatable bonds is 7. The van der Waals surface area contributed by atoms with Crippen molar-refractivity contribution < 1.29 is 9.18 Å². The van der Waals surface area contributed by atoms with E-state index in [1.54, 1.807) is 10.7 Å². The van der Waals surface area contributed by atoms with E-state index in [9.17, 15) is 9.18 Å². The van der Waals surface area contributed by atoms with Crippen LogP contribution in [0.25, 0.3) is 11.0 Å². The standard InChI is InChI=1S/C17H21FN6O/c1-3-8-24-17(19-10-20-24)11(2)21-16(25)7-6-15-22-13-5-4-12(18)9-14(13)23-15/h4-5,9-11H,3,6-8H2,1-2H3,(H,21,25)(H,22,23)/t11-/m1/s1. The van der Waals surface area contributed by atoms with Crippen molar-refractivity contribution >= 4 is 16.9 Å². The van der Waals surface area contributed by atoms with Crippen LogP contribution in [-0.4, -0.2) is 30.6 Å². The SMILES string of the molecule is CCCn1ncnc1[C@@H](C)NC(=O)CCc1nc2ccc(F)cc2[nH]1. The minimum Gasteiger partial charge on any atom is -0.346 e. The summed E-state index contributed by atoms with van der Waals surface area (Å²) in [5.74, 6) is 1.00. The minimum atomic E-state index is -0.314. The molecule has 1 aromatic carbocycles. The van der Waals surface area contributed by atoms with Crippen molar-refractivity contribution in [3.8, 4) is 0 Å². The Labute approximate surface area is 144 Å². The van der Waals surface area contributed by atoms with Gasteiger partial charge in [0.2, 0.25) is 5.91 Å². The van der Waals surface area contributed by atoms with Crippen molar-refractivity contribution in [1.82, 2.24) is 30.0 Å². The molecule has 0 aliphatic rings. The third kappa shape index (κ3) is 4.01. The van der Waals surface area contributed by atoms with E-state index in [0.717, 1.165) is 18.8 Å². The highest BCUT2D eigenvalue weighted by Gasteiger charge is 2.15. The Bertz CT molecular complexity index is 871. The first-order valence-corrected chi connectivity index (χ1v) is 8.38. The van der Waals surface area contributed by atoms with Crippen LogP contribution in [0.15, 0.2) is 24.5 Å². The highest BCUT2D eigenvalue weighted by atomic mass is 19.1. The molecule has 7 nitrogen and oxygen atoms in total. The monoisotopic (exact) mass is 344 g/mol. The van der Waals surface area contributed by atoms with Crippen LogP contribution in [-0.2, 0) is 17.8 Å². The second kappa shape index (κ2) is 7.42. The number of amides is 1. The maximum absolute atomic E-state index is 13.2. The molecule has 0 saturated carbocycles. The number of benzene rings is 1. The molecule has 1 atom stereocenters. The maximum atomic E-state index is 13.2. The van der Waals surface area contributed by atoms with Gasteiger partial charge in [0.05, 0.1) is 17.1 Å². The van der Waals surface area contributed by atoms with E-state index in [-0.39, 0.29) is 24.2 Å². The lowest BCUT2D eigenvalue weighted by Crippen LogP contribution is -2.29. The van der Waals surface area contributed by atoms with Crippen LogP contribution in [0.1, 0.15) is 44.4 Å². The number of carbonyl (C=O) groups is 1. The molecule has 0 unspecified atom stereocenters. The van der Waals surface area contributed by atoms with Crippen molar-refractivity contribution in [2.75, 3.05) is 0 Å². The average molecular weight is 344 g/mol. The average Bonchev–Trinajstić information content (AvgIpc) is 3.19. The predicted octanol–water partition coefficient (Wildman–Crippen LogP) is 2.51. The zero-order valence-electron chi connectivity index (χ0n) is 14.3. The fraction of sp³-hybridized carbons (Fsp3) is 0.412. The van der Waals surface area contributed by atoms with Gasteiger partial charge in [-0.1, -0.05) is 6.92 Å². The molecule has 8 heteroatoms. The van der Waals surface area contributed by atoms with Crippen molar-refractivity contribution in [2.24, 2.45) is 0 Å². The Balaban J connectivity index is 1.57. The van der Waals surface area contributed by atoms with Gasteiger partial charge in [-0.15, -0.1) is 0 Å². The number of imidazole rings is 1. The molecular weight excluding hydrogens is 323 g/mol. The number of aromatic amines is 1. The zero-order valence-corrected chi connectivity index (χ0v) is 14.3. The Morgan fingerprint density at radius 3 is 3.08 bits per heavy atom. The highest BCUT2D eigenvalue weighted by Crippen LogP contribution is 2.14. The first kappa shape index (κ1) is 17.1. The normalized spacial score (nSPS) is 12.4. The summed E-state index contributed by atoms with van der Waals surface area (Å²) in [6, 6.07) is 4.17. The van der Waals surface area contributed by atoms with E-state index in [2.05, 4.69) is 32.3 Å². The molecule has 3 aromatic rings. The number of carbonyl (C=O) groups excluding carboxylic acids is 1. The van der Waals surface area contributed by atoms with Gasteiger partial charge in [-0.05, 0) is 31.5 Å². The summed E-state index contributed by atoms with van der Waals surface area (Å²) in [7, 11) is 0. The van der Waals surface area contributed by atoms with E-state index in [1.165, 1.54) is 18.5 Å². The van der Waals surface area contributed by atoms with E-state index in [1.807, 2.05) is 6.92 Å². The second-order valence-electron chi connectivity index (χ2n) is 5.98. The Morgan fingerprint density at radius 1 is 1.44 bits per heavy atom. The van der Waals surface area contributed by atoms with Crippen molar-refractivity contribution in [3.63, 3.8) is 0 Å². The summed E-state index contributed by atoms with van der Waals surface area (Å²) >= 11 is 0. The number of halogens is 1. The number of fused-ring (bicyclic) bond motifs is 1. The number of nitrogens with one attached hydrogen (secondary N) is 2. The lowest BCUT2D eigenvalue weighted by atomic mass is 10.2. The van der Waals surface area contributed by atoms with E-state index < -0.39 is 0 Å². The summed E-state index contributed by atoms with van der Waals surface area (Å²) in [6.07, 6.45) is 3.19.